The first-order chi connectivity index (χ1) is 15.0. The number of rotatable bonds is 9. The van der Waals surface area contributed by atoms with Crippen molar-refractivity contribution < 1.29 is 14.3 Å². The minimum absolute atomic E-state index is 0.0496. The molecule has 0 radical (unpaired) electrons. The van der Waals surface area contributed by atoms with Gasteiger partial charge >= 0.3 is 5.97 Å². The number of carbonyl (C=O) groups is 2. The molecule has 2 aromatic heterocycles. The van der Waals surface area contributed by atoms with Crippen LogP contribution < -0.4 is 5.32 Å². The molecule has 162 valence electrons. The zero-order valence-corrected chi connectivity index (χ0v) is 18.2. The third kappa shape index (κ3) is 6.01. The van der Waals surface area contributed by atoms with Gasteiger partial charge in [0.1, 0.15) is 12.2 Å². The summed E-state index contributed by atoms with van der Waals surface area (Å²) in [6, 6.07) is 13.7. The van der Waals surface area contributed by atoms with Crippen LogP contribution in [0.2, 0.25) is 0 Å². The topological polar surface area (TPSA) is 86.1 Å². The van der Waals surface area contributed by atoms with E-state index in [1.54, 1.807) is 10.9 Å². The van der Waals surface area contributed by atoms with Crippen LogP contribution in [0.25, 0.3) is 5.82 Å². The fraction of sp³-hybridized carbons (Fsp3) is 0.333. The minimum Gasteiger partial charge on any atom is -0.460 e. The van der Waals surface area contributed by atoms with Gasteiger partial charge in [-0.05, 0) is 37.0 Å². The van der Waals surface area contributed by atoms with Crippen molar-refractivity contribution in [1.82, 2.24) is 20.1 Å². The SMILES string of the molecule is Cc1ccc(CCC(=O)NCCOC(=O)c2cnn(-c3ccccn3)c2C(C)C)cc1. The number of benzene rings is 1. The minimum atomic E-state index is -0.459. The van der Waals surface area contributed by atoms with Crippen LogP contribution in [0.4, 0.5) is 0 Å². The van der Waals surface area contributed by atoms with Crippen LogP contribution in [0, 0.1) is 6.92 Å². The van der Waals surface area contributed by atoms with Crippen molar-refractivity contribution in [3.8, 4) is 5.82 Å². The Labute approximate surface area is 182 Å². The van der Waals surface area contributed by atoms with Gasteiger partial charge in [-0.25, -0.2) is 14.5 Å². The number of hydrogen-bond donors (Lipinski definition) is 1. The molecular formula is C24H28N4O3. The molecule has 0 spiro atoms. The monoisotopic (exact) mass is 420 g/mol. The van der Waals surface area contributed by atoms with Gasteiger partial charge in [-0.3, -0.25) is 4.79 Å². The van der Waals surface area contributed by atoms with Gasteiger partial charge in [0.15, 0.2) is 5.82 Å². The van der Waals surface area contributed by atoms with Gasteiger partial charge in [-0.1, -0.05) is 49.7 Å². The quantitative estimate of drug-likeness (QED) is 0.422. The highest BCUT2D eigenvalue weighted by Crippen LogP contribution is 2.22. The first kappa shape index (κ1) is 22.2. The zero-order valence-electron chi connectivity index (χ0n) is 18.2. The van der Waals surface area contributed by atoms with Crippen molar-refractivity contribution in [3.63, 3.8) is 0 Å². The summed E-state index contributed by atoms with van der Waals surface area (Å²) in [7, 11) is 0. The van der Waals surface area contributed by atoms with Crippen molar-refractivity contribution in [1.29, 1.82) is 0 Å². The highest BCUT2D eigenvalue weighted by atomic mass is 16.5. The van der Waals surface area contributed by atoms with E-state index in [1.807, 2.05) is 63.2 Å². The average Bonchev–Trinajstić information content (AvgIpc) is 3.22. The molecule has 0 saturated heterocycles. The Kier molecular flexibility index (Phi) is 7.54. The van der Waals surface area contributed by atoms with Gasteiger partial charge in [0.2, 0.25) is 5.91 Å². The zero-order chi connectivity index (χ0) is 22.2. The molecule has 1 aromatic carbocycles. The van der Waals surface area contributed by atoms with Gasteiger partial charge in [0, 0.05) is 12.6 Å². The van der Waals surface area contributed by atoms with Crippen molar-refractivity contribution in [2.45, 2.75) is 39.5 Å². The number of aryl methyl sites for hydroxylation is 2. The highest BCUT2D eigenvalue weighted by Gasteiger charge is 2.22. The maximum absolute atomic E-state index is 12.6. The number of esters is 1. The van der Waals surface area contributed by atoms with Gasteiger partial charge in [-0.2, -0.15) is 5.10 Å². The van der Waals surface area contributed by atoms with Crippen LogP contribution in [0.3, 0.4) is 0 Å². The van der Waals surface area contributed by atoms with E-state index in [0.29, 0.717) is 24.2 Å². The van der Waals surface area contributed by atoms with E-state index in [9.17, 15) is 9.59 Å². The van der Waals surface area contributed by atoms with Gasteiger partial charge in [0.25, 0.3) is 0 Å². The predicted octanol–water partition coefficient (Wildman–Crippen LogP) is 3.60. The lowest BCUT2D eigenvalue weighted by Crippen LogP contribution is -2.28. The molecule has 7 heteroatoms. The number of nitrogens with zero attached hydrogens (tertiary/aromatic N) is 3. The van der Waals surface area contributed by atoms with Gasteiger partial charge in [-0.15, -0.1) is 0 Å². The molecule has 0 aliphatic heterocycles. The van der Waals surface area contributed by atoms with E-state index in [1.165, 1.54) is 11.8 Å². The van der Waals surface area contributed by atoms with Crippen LogP contribution in [0.5, 0.6) is 0 Å². The van der Waals surface area contributed by atoms with Crippen molar-refractivity contribution in [2.24, 2.45) is 0 Å². The Morgan fingerprint density at radius 1 is 1.13 bits per heavy atom. The molecule has 1 amide bonds. The van der Waals surface area contributed by atoms with E-state index in [2.05, 4.69) is 15.4 Å². The van der Waals surface area contributed by atoms with E-state index >= 15 is 0 Å². The van der Waals surface area contributed by atoms with Crippen LogP contribution in [-0.4, -0.2) is 39.8 Å². The fourth-order valence-electron chi connectivity index (χ4n) is 3.25. The molecule has 31 heavy (non-hydrogen) atoms. The normalized spacial score (nSPS) is 10.8. The Hall–Kier alpha value is -3.48. The summed E-state index contributed by atoms with van der Waals surface area (Å²) in [5.41, 5.74) is 3.47. The number of hydrogen-bond acceptors (Lipinski definition) is 5. The third-order valence-electron chi connectivity index (χ3n) is 4.86. The Morgan fingerprint density at radius 2 is 1.90 bits per heavy atom. The maximum Gasteiger partial charge on any atom is 0.341 e. The van der Waals surface area contributed by atoms with Crippen molar-refractivity contribution >= 4 is 11.9 Å². The highest BCUT2D eigenvalue weighted by molar-refractivity contribution is 5.90. The second-order valence-electron chi connectivity index (χ2n) is 7.67. The van der Waals surface area contributed by atoms with E-state index in [0.717, 1.165) is 11.3 Å². The molecule has 0 bridgehead atoms. The molecule has 0 saturated carbocycles. The smallest absolute Gasteiger partial charge is 0.341 e. The third-order valence-corrected chi connectivity index (χ3v) is 4.86. The summed E-state index contributed by atoms with van der Waals surface area (Å²) in [5.74, 6) is 0.168. The Bertz CT molecular complexity index is 1010. The summed E-state index contributed by atoms with van der Waals surface area (Å²) >= 11 is 0. The summed E-state index contributed by atoms with van der Waals surface area (Å²) in [6.07, 6.45) is 4.26. The molecule has 0 atom stereocenters. The Morgan fingerprint density at radius 3 is 2.58 bits per heavy atom. The average molecular weight is 421 g/mol. The lowest BCUT2D eigenvalue weighted by Gasteiger charge is -2.12. The van der Waals surface area contributed by atoms with E-state index < -0.39 is 5.97 Å². The number of aromatic nitrogens is 3. The molecule has 7 nitrogen and oxygen atoms in total. The number of nitrogens with one attached hydrogen (secondary N) is 1. The number of carbonyl (C=O) groups excluding carboxylic acids is 2. The van der Waals surface area contributed by atoms with Crippen LogP contribution in [-0.2, 0) is 16.0 Å². The number of ether oxygens (including phenoxy) is 1. The van der Waals surface area contributed by atoms with Crippen LogP contribution in [0.15, 0.2) is 54.9 Å². The molecule has 0 unspecified atom stereocenters. The van der Waals surface area contributed by atoms with E-state index in [-0.39, 0.29) is 25.0 Å². The molecule has 3 aromatic rings. The molecule has 0 aliphatic rings. The van der Waals surface area contributed by atoms with Crippen molar-refractivity contribution in [2.75, 3.05) is 13.2 Å². The standard InChI is InChI=1S/C24H28N4O3/c1-17(2)23-20(16-27-28(23)21-6-4-5-13-25-21)24(30)31-15-14-26-22(29)12-11-19-9-7-18(3)8-10-19/h4-10,13,16-17H,11-12,14-15H2,1-3H3,(H,26,29). The maximum atomic E-state index is 12.6. The first-order valence-corrected chi connectivity index (χ1v) is 10.4. The fourth-order valence-corrected chi connectivity index (χ4v) is 3.25. The summed E-state index contributed by atoms with van der Waals surface area (Å²) < 4.78 is 7.03. The summed E-state index contributed by atoms with van der Waals surface area (Å²) in [4.78, 5) is 28.9. The van der Waals surface area contributed by atoms with Crippen LogP contribution in [0.1, 0.15) is 53.4 Å². The lowest BCUT2D eigenvalue weighted by molar-refractivity contribution is -0.121. The van der Waals surface area contributed by atoms with Gasteiger partial charge in [0.05, 0.1) is 18.4 Å². The number of pyridine rings is 1. The predicted molar refractivity (Wildman–Crippen MR) is 118 cm³/mol. The molecule has 0 fully saturated rings. The molecule has 1 N–H and O–H groups in total. The molecule has 0 aliphatic carbocycles. The molecule has 3 rings (SSSR count). The second-order valence-corrected chi connectivity index (χ2v) is 7.67. The summed E-state index contributed by atoms with van der Waals surface area (Å²) in [6.45, 7) is 6.37. The van der Waals surface area contributed by atoms with Crippen LogP contribution >= 0.6 is 0 Å². The van der Waals surface area contributed by atoms with Gasteiger partial charge < -0.3 is 10.1 Å². The van der Waals surface area contributed by atoms with E-state index in [4.69, 9.17) is 4.74 Å². The summed E-state index contributed by atoms with van der Waals surface area (Å²) in [5, 5.41) is 7.12. The second kappa shape index (κ2) is 10.5. The number of amides is 1. The largest absolute Gasteiger partial charge is 0.460 e. The Balaban J connectivity index is 1.49. The molecular weight excluding hydrogens is 392 g/mol. The van der Waals surface area contributed by atoms with Crippen molar-refractivity contribution in [3.05, 3.63) is 77.2 Å². The lowest BCUT2D eigenvalue weighted by atomic mass is 10.1. The molecule has 2 heterocycles. The first-order valence-electron chi connectivity index (χ1n) is 10.4.